The van der Waals surface area contributed by atoms with Crippen molar-refractivity contribution in [2.45, 2.75) is 6.18 Å². The van der Waals surface area contributed by atoms with Gasteiger partial charge in [-0.3, -0.25) is 0 Å². The molecule has 0 aliphatic carbocycles. The van der Waals surface area contributed by atoms with E-state index < -0.39 is 28.9 Å². The van der Waals surface area contributed by atoms with Crippen molar-refractivity contribution in [2.75, 3.05) is 0 Å². The predicted octanol–water partition coefficient (Wildman–Crippen LogP) is 4.63. The molecular formula is C15H7F5. The average Bonchev–Trinajstić information content (AvgIpc) is 2.37. The zero-order chi connectivity index (χ0) is 14.9. The Bertz CT molecular complexity index is 692. The van der Waals surface area contributed by atoms with Gasteiger partial charge in [-0.15, -0.1) is 6.42 Å². The molecule has 2 aromatic rings. The molecule has 0 heterocycles. The smallest absolute Gasteiger partial charge is 0.207 e. The Kier molecular flexibility index (Phi) is 3.49. The molecule has 0 fully saturated rings. The molecule has 0 aliphatic heterocycles. The van der Waals surface area contributed by atoms with Crippen LogP contribution in [0.1, 0.15) is 11.1 Å². The molecule has 0 aromatic heterocycles. The minimum absolute atomic E-state index is 0.178. The fourth-order valence-corrected chi connectivity index (χ4v) is 1.81. The monoisotopic (exact) mass is 282 g/mol. The third-order valence-electron chi connectivity index (χ3n) is 2.71. The second-order valence-electron chi connectivity index (χ2n) is 4.03. The number of hydrogen-bond donors (Lipinski definition) is 0. The molecule has 0 nitrogen and oxygen atoms in total. The lowest BCUT2D eigenvalue weighted by Gasteiger charge is -2.14. The van der Waals surface area contributed by atoms with Crippen LogP contribution in [-0.2, 0) is 6.18 Å². The first-order chi connectivity index (χ1) is 9.32. The van der Waals surface area contributed by atoms with Crippen LogP contribution in [0.15, 0.2) is 36.4 Å². The molecule has 0 aliphatic rings. The van der Waals surface area contributed by atoms with Crippen LogP contribution in [0.4, 0.5) is 22.0 Å². The SMILES string of the molecule is C#Cc1ccc(C(F)(F)F)c(-c2ccc(F)cc2F)c1. The van der Waals surface area contributed by atoms with Crippen LogP contribution in [0.3, 0.4) is 0 Å². The first-order valence-corrected chi connectivity index (χ1v) is 5.46. The minimum atomic E-state index is -4.66. The van der Waals surface area contributed by atoms with E-state index in [2.05, 4.69) is 5.92 Å². The zero-order valence-electron chi connectivity index (χ0n) is 9.93. The summed E-state index contributed by atoms with van der Waals surface area (Å²) in [6.45, 7) is 0. The molecule has 2 rings (SSSR count). The number of alkyl halides is 3. The van der Waals surface area contributed by atoms with E-state index in [0.717, 1.165) is 30.3 Å². The first kappa shape index (κ1) is 14.1. The number of rotatable bonds is 1. The third-order valence-corrected chi connectivity index (χ3v) is 2.71. The molecule has 0 saturated heterocycles. The lowest BCUT2D eigenvalue weighted by Crippen LogP contribution is -2.08. The summed E-state index contributed by atoms with van der Waals surface area (Å²) in [5.41, 5.74) is -1.61. The van der Waals surface area contributed by atoms with Gasteiger partial charge in [0.05, 0.1) is 5.56 Å². The van der Waals surface area contributed by atoms with Crippen LogP contribution in [-0.4, -0.2) is 0 Å². The standard InChI is InChI=1S/C15H7F5/c1-2-9-3-6-13(15(18,19)20)12(7-9)11-5-4-10(16)8-14(11)17/h1,3-8H. The van der Waals surface area contributed by atoms with Gasteiger partial charge in [0.2, 0.25) is 0 Å². The lowest BCUT2D eigenvalue weighted by atomic mass is 9.96. The van der Waals surface area contributed by atoms with Gasteiger partial charge in [0.1, 0.15) is 11.6 Å². The normalized spacial score (nSPS) is 11.2. The van der Waals surface area contributed by atoms with Crippen molar-refractivity contribution in [3.63, 3.8) is 0 Å². The van der Waals surface area contributed by atoms with E-state index in [9.17, 15) is 22.0 Å². The molecule has 0 radical (unpaired) electrons. The lowest BCUT2D eigenvalue weighted by molar-refractivity contribution is -0.137. The highest BCUT2D eigenvalue weighted by molar-refractivity contribution is 5.70. The topological polar surface area (TPSA) is 0 Å². The van der Waals surface area contributed by atoms with Crippen LogP contribution in [0.2, 0.25) is 0 Å². The van der Waals surface area contributed by atoms with Crippen LogP contribution in [0.5, 0.6) is 0 Å². The molecule has 0 bridgehead atoms. The van der Waals surface area contributed by atoms with Crippen LogP contribution >= 0.6 is 0 Å². The highest BCUT2D eigenvalue weighted by atomic mass is 19.4. The Hall–Kier alpha value is -2.35. The Morgan fingerprint density at radius 3 is 2.15 bits per heavy atom. The molecule has 2 aromatic carbocycles. The molecule has 0 atom stereocenters. The fraction of sp³-hybridized carbons (Fsp3) is 0.0667. The molecule has 0 spiro atoms. The summed E-state index contributed by atoms with van der Waals surface area (Å²) in [6, 6.07) is 5.33. The van der Waals surface area contributed by atoms with Crippen LogP contribution in [0.25, 0.3) is 11.1 Å². The second kappa shape index (κ2) is 4.97. The Morgan fingerprint density at radius 1 is 0.900 bits per heavy atom. The van der Waals surface area contributed by atoms with Gasteiger partial charge in [-0.05, 0) is 35.9 Å². The van der Waals surface area contributed by atoms with E-state index in [0.29, 0.717) is 6.07 Å². The zero-order valence-corrected chi connectivity index (χ0v) is 9.93. The summed E-state index contributed by atoms with van der Waals surface area (Å²) in [5.74, 6) is 0.236. The molecule has 102 valence electrons. The Morgan fingerprint density at radius 2 is 1.60 bits per heavy atom. The summed E-state index contributed by atoms with van der Waals surface area (Å²) >= 11 is 0. The van der Waals surface area contributed by atoms with E-state index >= 15 is 0 Å². The third kappa shape index (κ3) is 2.64. The van der Waals surface area contributed by atoms with Gasteiger partial charge in [0.25, 0.3) is 0 Å². The molecule has 0 amide bonds. The molecule has 0 unspecified atom stereocenters. The van der Waals surface area contributed by atoms with E-state index in [-0.39, 0.29) is 11.1 Å². The van der Waals surface area contributed by atoms with Gasteiger partial charge in [-0.2, -0.15) is 13.2 Å². The van der Waals surface area contributed by atoms with E-state index in [4.69, 9.17) is 6.42 Å². The van der Waals surface area contributed by atoms with E-state index in [1.807, 2.05) is 0 Å². The van der Waals surface area contributed by atoms with E-state index in [1.165, 1.54) is 0 Å². The van der Waals surface area contributed by atoms with Gasteiger partial charge in [0.15, 0.2) is 0 Å². The predicted molar refractivity (Wildman–Crippen MR) is 64.7 cm³/mol. The summed E-state index contributed by atoms with van der Waals surface area (Å²) < 4.78 is 65.3. The van der Waals surface area contributed by atoms with Gasteiger partial charge >= 0.3 is 6.18 Å². The van der Waals surface area contributed by atoms with Crippen molar-refractivity contribution in [2.24, 2.45) is 0 Å². The van der Waals surface area contributed by atoms with Gasteiger partial charge in [-0.25, -0.2) is 8.78 Å². The van der Waals surface area contributed by atoms with Crippen molar-refractivity contribution in [3.05, 3.63) is 59.2 Å². The summed E-state index contributed by atoms with van der Waals surface area (Å²) in [7, 11) is 0. The van der Waals surface area contributed by atoms with Crippen molar-refractivity contribution in [1.29, 1.82) is 0 Å². The highest BCUT2D eigenvalue weighted by Gasteiger charge is 2.34. The number of halogens is 5. The molecule has 20 heavy (non-hydrogen) atoms. The number of hydrogen-bond acceptors (Lipinski definition) is 0. The molecule has 5 heteroatoms. The molecule has 0 saturated carbocycles. The number of benzene rings is 2. The largest absolute Gasteiger partial charge is 0.417 e. The maximum Gasteiger partial charge on any atom is 0.417 e. The Labute approximate surface area is 111 Å². The summed E-state index contributed by atoms with van der Waals surface area (Å²) in [4.78, 5) is 0. The molecule has 0 N–H and O–H groups in total. The maximum absolute atomic E-state index is 13.7. The highest BCUT2D eigenvalue weighted by Crippen LogP contribution is 2.38. The van der Waals surface area contributed by atoms with Gasteiger partial charge in [0, 0.05) is 17.2 Å². The van der Waals surface area contributed by atoms with Crippen LogP contribution in [0, 0.1) is 24.0 Å². The van der Waals surface area contributed by atoms with Gasteiger partial charge in [-0.1, -0.05) is 5.92 Å². The first-order valence-electron chi connectivity index (χ1n) is 5.46. The quantitative estimate of drug-likeness (QED) is 0.528. The summed E-state index contributed by atoms with van der Waals surface area (Å²) in [6.07, 6.45) is 0.470. The minimum Gasteiger partial charge on any atom is -0.207 e. The summed E-state index contributed by atoms with van der Waals surface area (Å²) in [5, 5.41) is 0. The maximum atomic E-state index is 13.7. The van der Waals surface area contributed by atoms with Crippen molar-refractivity contribution >= 4 is 0 Å². The van der Waals surface area contributed by atoms with Crippen molar-refractivity contribution in [1.82, 2.24) is 0 Å². The van der Waals surface area contributed by atoms with Gasteiger partial charge < -0.3 is 0 Å². The van der Waals surface area contributed by atoms with Crippen molar-refractivity contribution in [3.8, 4) is 23.5 Å². The Balaban J connectivity index is 2.74. The van der Waals surface area contributed by atoms with Crippen molar-refractivity contribution < 1.29 is 22.0 Å². The van der Waals surface area contributed by atoms with Crippen LogP contribution < -0.4 is 0 Å². The molecular weight excluding hydrogens is 275 g/mol. The van der Waals surface area contributed by atoms with E-state index in [1.54, 1.807) is 0 Å². The average molecular weight is 282 g/mol. The second-order valence-corrected chi connectivity index (χ2v) is 4.03. The fourth-order valence-electron chi connectivity index (χ4n) is 1.81. The number of terminal acetylenes is 1.